The van der Waals surface area contributed by atoms with Crippen LogP contribution in [0.2, 0.25) is 0 Å². The standard InChI is InChI=1S/C23H24F3N3O6S2/c24-23(25,26)18-7-6-17(36(32,33)16-4-2-1-3-5-16)14-20(18)37(34,35)28-15-10-12-29(13-11-15)22(31)19-8-9-21(30)27-19/h1-7,14-15,19,28H,8-13H2,(H,27,30)/t19-/m1/s1. The molecule has 2 fully saturated rings. The molecular formula is C23H24F3N3O6S2. The zero-order valence-electron chi connectivity index (χ0n) is 19.4. The van der Waals surface area contributed by atoms with Crippen molar-refractivity contribution in [2.45, 2.75) is 58.6 Å². The fourth-order valence-electron chi connectivity index (χ4n) is 4.38. The van der Waals surface area contributed by atoms with E-state index in [2.05, 4.69) is 10.0 Å². The van der Waals surface area contributed by atoms with Crippen LogP contribution in [0.25, 0.3) is 0 Å². The van der Waals surface area contributed by atoms with Crippen LogP contribution in [0, 0.1) is 0 Å². The quantitative estimate of drug-likeness (QED) is 0.558. The number of alkyl halides is 3. The summed E-state index contributed by atoms with van der Waals surface area (Å²) in [4.78, 5) is 23.4. The minimum absolute atomic E-state index is 0.134. The van der Waals surface area contributed by atoms with Gasteiger partial charge in [-0.2, -0.15) is 13.2 Å². The summed E-state index contributed by atoms with van der Waals surface area (Å²) in [6.45, 7) is 0.292. The predicted molar refractivity (Wildman–Crippen MR) is 124 cm³/mol. The van der Waals surface area contributed by atoms with Crippen LogP contribution in [0.1, 0.15) is 31.2 Å². The molecular weight excluding hydrogens is 535 g/mol. The van der Waals surface area contributed by atoms with Gasteiger partial charge in [0, 0.05) is 25.6 Å². The van der Waals surface area contributed by atoms with E-state index in [1.54, 1.807) is 6.07 Å². The highest BCUT2D eigenvalue weighted by molar-refractivity contribution is 7.91. The van der Waals surface area contributed by atoms with Crippen molar-refractivity contribution in [1.29, 1.82) is 0 Å². The number of nitrogens with one attached hydrogen (secondary N) is 2. The Balaban J connectivity index is 1.56. The summed E-state index contributed by atoms with van der Waals surface area (Å²) in [5.41, 5.74) is -1.49. The molecule has 2 heterocycles. The van der Waals surface area contributed by atoms with Crippen LogP contribution in [-0.2, 0) is 35.6 Å². The van der Waals surface area contributed by atoms with Crippen LogP contribution in [-0.4, -0.2) is 58.7 Å². The lowest BCUT2D eigenvalue weighted by Crippen LogP contribution is -2.51. The van der Waals surface area contributed by atoms with Gasteiger partial charge in [-0.25, -0.2) is 21.6 Å². The third kappa shape index (κ3) is 5.80. The molecule has 2 N–H and O–H groups in total. The molecule has 0 spiro atoms. The van der Waals surface area contributed by atoms with Crippen molar-refractivity contribution in [3.05, 3.63) is 54.1 Å². The Morgan fingerprint density at radius 2 is 1.59 bits per heavy atom. The van der Waals surface area contributed by atoms with Crippen molar-refractivity contribution in [1.82, 2.24) is 14.9 Å². The van der Waals surface area contributed by atoms with E-state index in [4.69, 9.17) is 0 Å². The molecule has 0 aromatic heterocycles. The average Bonchev–Trinajstić information content (AvgIpc) is 3.29. The molecule has 0 bridgehead atoms. The molecule has 2 aromatic rings. The van der Waals surface area contributed by atoms with Gasteiger partial charge in [-0.15, -0.1) is 0 Å². The first-order valence-corrected chi connectivity index (χ1v) is 14.4. The zero-order valence-corrected chi connectivity index (χ0v) is 21.0. The van der Waals surface area contributed by atoms with Gasteiger partial charge in [0.05, 0.1) is 20.2 Å². The van der Waals surface area contributed by atoms with Gasteiger partial charge in [0.25, 0.3) is 0 Å². The number of halogens is 3. The Hall–Kier alpha value is -2.97. The van der Waals surface area contributed by atoms with E-state index >= 15 is 0 Å². The number of amides is 2. The number of carbonyl (C=O) groups is 2. The number of likely N-dealkylation sites (tertiary alicyclic amines) is 1. The van der Waals surface area contributed by atoms with Gasteiger partial charge >= 0.3 is 6.18 Å². The van der Waals surface area contributed by atoms with Gasteiger partial charge < -0.3 is 10.2 Å². The Morgan fingerprint density at radius 3 is 2.16 bits per heavy atom. The Bertz CT molecular complexity index is 1400. The van der Waals surface area contributed by atoms with Crippen LogP contribution in [0.5, 0.6) is 0 Å². The number of sulfonamides is 1. The normalized spacial score (nSPS) is 19.6. The molecule has 37 heavy (non-hydrogen) atoms. The molecule has 200 valence electrons. The summed E-state index contributed by atoms with van der Waals surface area (Å²) >= 11 is 0. The summed E-state index contributed by atoms with van der Waals surface area (Å²) in [5.74, 6) is -0.511. The molecule has 4 rings (SSSR count). The fraction of sp³-hybridized carbons (Fsp3) is 0.391. The molecule has 2 aromatic carbocycles. The molecule has 2 aliphatic rings. The Morgan fingerprint density at radius 1 is 0.946 bits per heavy atom. The average molecular weight is 560 g/mol. The number of sulfone groups is 1. The monoisotopic (exact) mass is 559 g/mol. The van der Waals surface area contributed by atoms with Gasteiger partial charge in [-0.3, -0.25) is 9.59 Å². The summed E-state index contributed by atoms with van der Waals surface area (Å²) < 4.78 is 95.5. The highest BCUT2D eigenvalue weighted by Gasteiger charge is 2.40. The number of piperidine rings is 1. The number of carbonyl (C=O) groups excluding carboxylic acids is 2. The van der Waals surface area contributed by atoms with Crippen LogP contribution in [0.15, 0.2) is 63.2 Å². The lowest BCUT2D eigenvalue weighted by atomic mass is 10.0. The molecule has 0 unspecified atom stereocenters. The molecule has 2 aliphatic heterocycles. The second kappa shape index (κ2) is 10.1. The molecule has 2 saturated heterocycles. The van der Waals surface area contributed by atoms with Crippen LogP contribution in [0.3, 0.4) is 0 Å². The third-order valence-corrected chi connectivity index (χ3v) is 9.66. The van der Waals surface area contributed by atoms with Crippen LogP contribution < -0.4 is 10.0 Å². The SMILES string of the molecule is O=C1CC[C@H](C(=O)N2CCC(NS(=O)(=O)c3cc(S(=O)(=O)c4ccccc4)ccc3C(F)(F)F)CC2)N1. The van der Waals surface area contributed by atoms with Gasteiger partial charge in [0.1, 0.15) is 6.04 Å². The second-order valence-corrected chi connectivity index (χ2v) is 12.5. The maximum atomic E-state index is 13.7. The Labute approximate surface area is 212 Å². The van der Waals surface area contributed by atoms with E-state index in [0.717, 1.165) is 6.07 Å². The van der Waals surface area contributed by atoms with Crippen molar-refractivity contribution in [3.63, 3.8) is 0 Å². The van der Waals surface area contributed by atoms with Crippen molar-refractivity contribution in [3.8, 4) is 0 Å². The highest BCUT2D eigenvalue weighted by Crippen LogP contribution is 2.36. The van der Waals surface area contributed by atoms with E-state index in [1.807, 2.05) is 0 Å². The smallest absolute Gasteiger partial charge is 0.344 e. The Kier molecular flexibility index (Phi) is 7.36. The summed E-state index contributed by atoms with van der Waals surface area (Å²) in [5, 5.41) is 2.57. The highest BCUT2D eigenvalue weighted by atomic mass is 32.2. The van der Waals surface area contributed by atoms with Crippen LogP contribution >= 0.6 is 0 Å². The third-order valence-electron chi connectivity index (χ3n) is 6.33. The minimum atomic E-state index is -5.05. The summed E-state index contributed by atoms with van der Waals surface area (Å²) in [7, 11) is -9.07. The second-order valence-electron chi connectivity index (χ2n) is 8.85. The van der Waals surface area contributed by atoms with E-state index < -0.39 is 53.5 Å². The topological polar surface area (TPSA) is 130 Å². The maximum Gasteiger partial charge on any atom is 0.417 e. The fourth-order valence-corrected chi connectivity index (χ4v) is 7.32. The van der Waals surface area contributed by atoms with E-state index in [9.17, 15) is 39.6 Å². The number of hydrogen-bond acceptors (Lipinski definition) is 6. The lowest BCUT2D eigenvalue weighted by Gasteiger charge is -2.33. The number of nitrogens with zero attached hydrogens (tertiary/aromatic N) is 1. The molecule has 0 aliphatic carbocycles. The molecule has 2 amide bonds. The van der Waals surface area contributed by atoms with E-state index in [0.29, 0.717) is 18.6 Å². The van der Waals surface area contributed by atoms with Crippen LogP contribution in [0.4, 0.5) is 13.2 Å². The molecule has 9 nitrogen and oxygen atoms in total. The zero-order chi connectivity index (χ0) is 27.0. The van der Waals surface area contributed by atoms with Gasteiger partial charge in [-0.05, 0) is 49.6 Å². The first-order chi connectivity index (χ1) is 17.3. The first kappa shape index (κ1) is 27.1. The number of hydrogen-bond donors (Lipinski definition) is 2. The molecule has 14 heteroatoms. The van der Waals surface area contributed by atoms with Crippen molar-refractivity contribution >= 4 is 31.7 Å². The van der Waals surface area contributed by atoms with E-state index in [1.165, 1.54) is 29.2 Å². The summed E-state index contributed by atoms with van der Waals surface area (Å²) in [6, 6.07) is 7.24. The van der Waals surface area contributed by atoms with E-state index in [-0.39, 0.29) is 49.1 Å². The maximum absolute atomic E-state index is 13.7. The molecule has 1 atom stereocenters. The first-order valence-electron chi connectivity index (χ1n) is 11.4. The molecule has 0 radical (unpaired) electrons. The minimum Gasteiger partial charge on any atom is -0.344 e. The summed E-state index contributed by atoms with van der Waals surface area (Å²) in [6.07, 6.45) is -4.18. The van der Waals surface area contributed by atoms with Crippen molar-refractivity contribution < 1.29 is 39.6 Å². The molecule has 0 saturated carbocycles. The van der Waals surface area contributed by atoms with Gasteiger partial charge in [0.2, 0.25) is 31.7 Å². The largest absolute Gasteiger partial charge is 0.417 e. The van der Waals surface area contributed by atoms with Gasteiger partial charge in [0.15, 0.2) is 0 Å². The number of rotatable bonds is 6. The van der Waals surface area contributed by atoms with Gasteiger partial charge in [-0.1, -0.05) is 18.2 Å². The lowest BCUT2D eigenvalue weighted by molar-refractivity contribution is -0.140. The van der Waals surface area contributed by atoms with Crippen molar-refractivity contribution in [2.24, 2.45) is 0 Å². The number of benzene rings is 2. The van der Waals surface area contributed by atoms with Crippen molar-refractivity contribution in [2.75, 3.05) is 13.1 Å². The predicted octanol–water partition coefficient (Wildman–Crippen LogP) is 2.09.